The summed E-state index contributed by atoms with van der Waals surface area (Å²) in [6.45, 7) is 2.55. The first kappa shape index (κ1) is 14.3. The maximum absolute atomic E-state index is 11.8. The van der Waals surface area contributed by atoms with Crippen molar-refractivity contribution in [2.24, 2.45) is 0 Å². The summed E-state index contributed by atoms with van der Waals surface area (Å²) in [6, 6.07) is -0.106. The molecule has 6 heteroatoms. The van der Waals surface area contributed by atoms with Gasteiger partial charge >= 0.3 is 0 Å². The number of alkyl halides is 2. The van der Waals surface area contributed by atoms with Gasteiger partial charge in [0.15, 0.2) is 0 Å². The lowest BCUT2D eigenvalue weighted by Gasteiger charge is -2.15. The molecule has 0 spiro atoms. The molecule has 100 valence electrons. The number of carbonyl (C=O) groups excluding carboxylic acids is 1. The monoisotopic (exact) mass is 250 g/mol. The highest BCUT2D eigenvalue weighted by Crippen LogP contribution is 2.10. The fraction of sp³-hybridized carbons (Fsp3) is 0.909. The van der Waals surface area contributed by atoms with Gasteiger partial charge < -0.3 is 9.64 Å². The first-order valence-corrected chi connectivity index (χ1v) is 6.03. The van der Waals surface area contributed by atoms with Crippen molar-refractivity contribution in [3.8, 4) is 0 Å². The maximum atomic E-state index is 11.8. The van der Waals surface area contributed by atoms with E-state index in [1.54, 1.807) is 4.90 Å². The van der Waals surface area contributed by atoms with E-state index in [1.165, 1.54) is 0 Å². The molecule has 0 aromatic rings. The number of rotatable bonds is 8. The largest absolute Gasteiger partial charge is 0.374 e. The number of hydrogen-bond donors (Lipinski definition) is 1. The van der Waals surface area contributed by atoms with Crippen LogP contribution in [0.25, 0.3) is 0 Å². The van der Waals surface area contributed by atoms with Crippen LogP contribution in [0.15, 0.2) is 0 Å². The summed E-state index contributed by atoms with van der Waals surface area (Å²) in [4.78, 5) is 13.4. The van der Waals surface area contributed by atoms with Crippen LogP contribution in [0.3, 0.4) is 0 Å². The van der Waals surface area contributed by atoms with E-state index in [0.717, 1.165) is 19.3 Å². The molecule has 0 bridgehead atoms. The molecule has 0 saturated carbocycles. The fourth-order valence-electron chi connectivity index (χ4n) is 1.78. The van der Waals surface area contributed by atoms with Crippen LogP contribution in [-0.4, -0.2) is 49.7 Å². The quantitative estimate of drug-likeness (QED) is 0.658. The van der Waals surface area contributed by atoms with Gasteiger partial charge in [0, 0.05) is 6.54 Å². The van der Waals surface area contributed by atoms with Crippen molar-refractivity contribution in [2.75, 3.05) is 26.4 Å². The molecule has 1 heterocycles. The van der Waals surface area contributed by atoms with E-state index in [-0.39, 0.29) is 18.6 Å². The Morgan fingerprint density at radius 1 is 1.59 bits per heavy atom. The number of carbonyl (C=O) groups is 1. The minimum absolute atomic E-state index is 0.0547. The number of hydrogen-bond acceptors (Lipinski definition) is 3. The molecule has 1 saturated heterocycles. The van der Waals surface area contributed by atoms with Gasteiger partial charge in [0.2, 0.25) is 5.91 Å². The number of nitrogens with one attached hydrogen (secondary N) is 1. The van der Waals surface area contributed by atoms with Gasteiger partial charge in [0.1, 0.15) is 6.61 Å². The topological polar surface area (TPSA) is 41.6 Å². The van der Waals surface area contributed by atoms with E-state index >= 15 is 0 Å². The molecule has 1 atom stereocenters. The van der Waals surface area contributed by atoms with Crippen molar-refractivity contribution in [1.82, 2.24) is 10.2 Å². The highest BCUT2D eigenvalue weighted by atomic mass is 19.3. The zero-order valence-corrected chi connectivity index (χ0v) is 10.1. The van der Waals surface area contributed by atoms with Crippen LogP contribution in [0.1, 0.15) is 26.2 Å². The number of amides is 1. The Balaban J connectivity index is 2.16. The standard InChI is InChI=1S/C11H20F2N2O2/c1-2-3-4-9-11(16)15(8-14-9)5-6-17-7-10(12)13/h9-10,14H,2-8H2,1H3. The van der Waals surface area contributed by atoms with Crippen LogP contribution < -0.4 is 5.32 Å². The average Bonchev–Trinajstić information content (AvgIpc) is 2.63. The zero-order chi connectivity index (χ0) is 12.7. The molecule has 0 aliphatic carbocycles. The maximum Gasteiger partial charge on any atom is 0.261 e. The molecule has 1 unspecified atom stereocenters. The molecule has 0 aromatic carbocycles. The molecule has 1 aliphatic rings. The van der Waals surface area contributed by atoms with Crippen LogP contribution in [0.4, 0.5) is 8.78 Å². The molecular formula is C11H20F2N2O2. The molecule has 1 N–H and O–H groups in total. The number of ether oxygens (including phenoxy) is 1. The normalized spacial score (nSPS) is 20.6. The van der Waals surface area contributed by atoms with Gasteiger partial charge in [-0.05, 0) is 6.42 Å². The van der Waals surface area contributed by atoms with Crippen LogP contribution in [0.2, 0.25) is 0 Å². The van der Waals surface area contributed by atoms with Crippen molar-refractivity contribution in [3.63, 3.8) is 0 Å². The van der Waals surface area contributed by atoms with E-state index in [9.17, 15) is 13.6 Å². The summed E-state index contributed by atoms with van der Waals surface area (Å²) in [5, 5.41) is 3.11. The molecule has 1 rings (SSSR count). The Labute approximate surface area is 100 Å². The Morgan fingerprint density at radius 3 is 3.00 bits per heavy atom. The highest BCUT2D eigenvalue weighted by Gasteiger charge is 2.29. The predicted octanol–water partition coefficient (Wildman–Crippen LogP) is 1.22. The number of halogens is 2. The molecule has 1 amide bonds. The van der Waals surface area contributed by atoms with E-state index in [0.29, 0.717) is 13.2 Å². The van der Waals surface area contributed by atoms with Crippen molar-refractivity contribution in [2.45, 2.75) is 38.7 Å². The third-order valence-corrected chi connectivity index (χ3v) is 2.73. The Morgan fingerprint density at radius 2 is 2.35 bits per heavy atom. The summed E-state index contributed by atoms with van der Waals surface area (Å²) >= 11 is 0. The van der Waals surface area contributed by atoms with E-state index < -0.39 is 13.0 Å². The molecular weight excluding hydrogens is 230 g/mol. The van der Waals surface area contributed by atoms with Crippen molar-refractivity contribution in [3.05, 3.63) is 0 Å². The minimum atomic E-state index is -2.44. The van der Waals surface area contributed by atoms with E-state index in [2.05, 4.69) is 12.2 Å². The van der Waals surface area contributed by atoms with Gasteiger partial charge in [-0.15, -0.1) is 0 Å². The Bertz CT molecular complexity index is 240. The number of nitrogens with zero attached hydrogens (tertiary/aromatic N) is 1. The Hall–Kier alpha value is -0.750. The van der Waals surface area contributed by atoms with Crippen molar-refractivity contribution >= 4 is 5.91 Å². The second kappa shape index (κ2) is 7.55. The lowest BCUT2D eigenvalue weighted by atomic mass is 10.1. The average molecular weight is 250 g/mol. The molecule has 1 fully saturated rings. The first-order valence-electron chi connectivity index (χ1n) is 6.03. The molecule has 4 nitrogen and oxygen atoms in total. The van der Waals surface area contributed by atoms with Gasteiger partial charge in [0.05, 0.1) is 19.3 Å². The van der Waals surface area contributed by atoms with Gasteiger partial charge in [-0.1, -0.05) is 19.8 Å². The molecule has 0 aromatic heterocycles. The van der Waals surface area contributed by atoms with E-state index in [1.807, 2.05) is 0 Å². The minimum Gasteiger partial charge on any atom is -0.374 e. The summed E-state index contributed by atoms with van der Waals surface area (Å²) in [5.41, 5.74) is 0. The smallest absolute Gasteiger partial charge is 0.261 e. The fourth-order valence-corrected chi connectivity index (χ4v) is 1.78. The van der Waals surface area contributed by atoms with Crippen LogP contribution >= 0.6 is 0 Å². The third-order valence-electron chi connectivity index (χ3n) is 2.73. The van der Waals surface area contributed by atoms with Gasteiger partial charge in [-0.25, -0.2) is 8.78 Å². The van der Waals surface area contributed by atoms with Gasteiger partial charge in [-0.3, -0.25) is 10.1 Å². The SMILES string of the molecule is CCCCC1NCN(CCOCC(F)F)C1=O. The summed E-state index contributed by atoms with van der Waals surface area (Å²) in [5.74, 6) is 0.0547. The summed E-state index contributed by atoms with van der Waals surface area (Å²) in [7, 11) is 0. The van der Waals surface area contributed by atoms with E-state index in [4.69, 9.17) is 4.74 Å². The third kappa shape index (κ3) is 4.95. The van der Waals surface area contributed by atoms with Crippen molar-refractivity contribution in [1.29, 1.82) is 0 Å². The van der Waals surface area contributed by atoms with Gasteiger partial charge in [-0.2, -0.15) is 0 Å². The summed E-state index contributed by atoms with van der Waals surface area (Å²) in [6.07, 6.45) is 0.464. The zero-order valence-electron chi connectivity index (χ0n) is 10.1. The van der Waals surface area contributed by atoms with Gasteiger partial charge in [0.25, 0.3) is 6.43 Å². The second-order valence-corrected chi connectivity index (χ2v) is 4.12. The molecule has 1 aliphatic heterocycles. The van der Waals surface area contributed by atoms with Crippen LogP contribution in [-0.2, 0) is 9.53 Å². The Kier molecular flexibility index (Phi) is 6.36. The molecule has 17 heavy (non-hydrogen) atoms. The molecule has 0 radical (unpaired) electrons. The number of unbranched alkanes of at least 4 members (excludes halogenated alkanes) is 1. The summed E-state index contributed by atoms with van der Waals surface area (Å²) < 4.78 is 28.3. The van der Waals surface area contributed by atoms with Crippen LogP contribution in [0.5, 0.6) is 0 Å². The lowest BCUT2D eigenvalue weighted by Crippen LogP contribution is -2.33. The second-order valence-electron chi connectivity index (χ2n) is 4.12. The highest BCUT2D eigenvalue weighted by molar-refractivity contribution is 5.83. The lowest BCUT2D eigenvalue weighted by molar-refractivity contribution is -0.129. The first-order chi connectivity index (χ1) is 8.15. The van der Waals surface area contributed by atoms with Crippen LogP contribution in [0, 0.1) is 0 Å². The predicted molar refractivity (Wildman–Crippen MR) is 59.9 cm³/mol. The van der Waals surface area contributed by atoms with Crippen molar-refractivity contribution < 1.29 is 18.3 Å².